The Morgan fingerprint density at radius 1 is 1.44 bits per heavy atom. The van der Waals surface area contributed by atoms with Gasteiger partial charge in [0.25, 0.3) is 0 Å². The van der Waals surface area contributed by atoms with Gasteiger partial charge in [-0.05, 0) is 37.0 Å². The zero-order valence-corrected chi connectivity index (χ0v) is 6.06. The van der Waals surface area contributed by atoms with Crippen molar-refractivity contribution in [1.29, 1.82) is 0 Å². The minimum absolute atomic E-state index is 0.912. The van der Waals surface area contributed by atoms with Gasteiger partial charge in [0.05, 0.1) is 0 Å². The summed E-state index contributed by atoms with van der Waals surface area (Å²) in [7, 11) is 0. The van der Waals surface area contributed by atoms with Crippen LogP contribution < -0.4 is 0 Å². The standard InChI is InChI=1S/C9H14/c1-6-5-8-3-4-9(6)7(8)2/h6,8-9H,2-5H2,1H3. The first-order valence-electron chi connectivity index (χ1n) is 3.97. The molecule has 0 spiro atoms. The Labute approximate surface area is 57.0 Å². The maximum Gasteiger partial charge on any atom is -0.0177 e. The van der Waals surface area contributed by atoms with E-state index in [9.17, 15) is 0 Å². The highest BCUT2D eigenvalue weighted by Crippen LogP contribution is 2.51. The van der Waals surface area contributed by atoms with Gasteiger partial charge in [0.1, 0.15) is 0 Å². The lowest BCUT2D eigenvalue weighted by Gasteiger charge is -2.14. The van der Waals surface area contributed by atoms with E-state index in [1.165, 1.54) is 19.3 Å². The van der Waals surface area contributed by atoms with Crippen LogP contribution in [0, 0.1) is 17.8 Å². The Kier molecular flexibility index (Phi) is 0.992. The Hall–Kier alpha value is -0.260. The van der Waals surface area contributed by atoms with E-state index in [1.807, 2.05) is 0 Å². The molecule has 0 saturated heterocycles. The van der Waals surface area contributed by atoms with Gasteiger partial charge >= 0.3 is 0 Å². The van der Waals surface area contributed by atoms with Crippen LogP contribution in [0.25, 0.3) is 0 Å². The molecule has 2 saturated carbocycles. The van der Waals surface area contributed by atoms with Crippen molar-refractivity contribution in [3.63, 3.8) is 0 Å². The molecule has 3 unspecified atom stereocenters. The summed E-state index contributed by atoms with van der Waals surface area (Å²) in [5.74, 6) is 2.79. The predicted molar refractivity (Wildman–Crippen MR) is 39.1 cm³/mol. The van der Waals surface area contributed by atoms with Crippen LogP contribution in [-0.4, -0.2) is 0 Å². The summed E-state index contributed by atoms with van der Waals surface area (Å²) in [5.41, 5.74) is 1.57. The molecule has 0 N–H and O–H groups in total. The van der Waals surface area contributed by atoms with E-state index < -0.39 is 0 Å². The molecule has 2 aliphatic rings. The van der Waals surface area contributed by atoms with Gasteiger partial charge in [-0.1, -0.05) is 19.1 Å². The average Bonchev–Trinajstić information content (AvgIpc) is 2.25. The fraction of sp³-hybridized carbons (Fsp3) is 0.778. The fourth-order valence-electron chi connectivity index (χ4n) is 2.59. The zero-order chi connectivity index (χ0) is 6.43. The summed E-state index contributed by atoms with van der Waals surface area (Å²) in [4.78, 5) is 0. The minimum atomic E-state index is 0.912. The molecule has 2 rings (SSSR count). The van der Waals surface area contributed by atoms with Gasteiger partial charge in [0, 0.05) is 0 Å². The largest absolute Gasteiger partial charge is 0.0993 e. The molecule has 0 heteroatoms. The lowest BCUT2D eigenvalue weighted by molar-refractivity contribution is 0.362. The van der Waals surface area contributed by atoms with Crippen LogP contribution in [0.2, 0.25) is 0 Å². The highest BCUT2D eigenvalue weighted by molar-refractivity contribution is 5.17. The van der Waals surface area contributed by atoms with E-state index in [0.29, 0.717) is 0 Å². The van der Waals surface area contributed by atoms with Crippen molar-refractivity contribution in [2.45, 2.75) is 26.2 Å². The molecular formula is C9H14. The van der Waals surface area contributed by atoms with Gasteiger partial charge in [0.2, 0.25) is 0 Å². The summed E-state index contributed by atoms with van der Waals surface area (Å²) in [6.45, 7) is 6.50. The molecule has 0 aliphatic heterocycles. The first-order valence-corrected chi connectivity index (χ1v) is 3.97. The Morgan fingerprint density at radius 2 is 2.22 bits per heavy atom. The smallest absolute Gasteiger partial charge is 0.0177 e. The van der Waals surface area contributed by atoms with E-state index in [1.54, 1.807) is 5.57 Å². The van der Waals surface area contributed by atoms with Crippen molar-refractivity contribution >= 4 is 0 Å². The summed E-state index contributed by atoms with van der Waals surface area (Å²) >= 11 is 0. The van der Waals surface area contributed by atoms with Crippen LogP contribution in [0.3, 0.4) is 0 Å². The third-order valence-corrected chi connectivity index (χ3v) is 3.17. The van der Waals surface area contributed by atoms with E-state index in [-0.39, 0.29) is 0 Å². The van der Waals surface area contributed by atoms with Crippen LogP contribution >= 0.6 is 0 Å². The molecule has 0 nitrogen and oxygen atoms in total. The van der Waals surface area contributed by atoms with Crippen LogP contribution in [0.1, 0.15) is 26.2 Å². The molecule has 2 aliphatic carbocycles. The van der Waals surface area contributed by atoms with Crippen molar-refractivity contribution in [1.82, 2.24) is 0 Å². The zero-order valence-electron chi connectivity index (χ0n) is 6.06. The quantitative estimate of drug-likeness (QED) is 0.433. The summed E-state index contributed by atoms with van der Waals surface area (Å²) in [6.07, 6.45) is 4.31. The molecular weight excluding hydrogens is 108 g/mol. The second kappa shape index (κ2) is 1.62. The maximum atomic E-state index is 4.13. The lowest BCUT2D eigenvalue weighted by Crippen LogP contribution is -2.04. The first kappa shape index (κ1) is 5.52. The van der Waals surface area contributed by atoms with E-state index in [2.05, 4.69) is 13.5 Å². The molecule has 0 aromatic rings. The molecule has 2 fully saturated rings. The Bertz CT molecular complexity index is 146. The predicted octanol–water partition coefficient (Wildman–Crippen LogP) is 2.61. The van der Waals surface area contributed by atoms with Crippen molar-refractivity contribution in [2.24, 2.45) is 17.8 Å². The first-order chi connectivity index (χ1) is 4.29. The van der Waals surface area contributed by atoms with Crippen molar-refractivity contribution in [3.8, 4) is 0 Å². The number of hydrogen-bond donors (Lipinski definition) is 0. The Morgan fingerprint density at radius 3 is 2.44 bits per heavy atom. The molecule has 0 heterocycles. The van der Waals surface area contributed by atoms with Crippen LogP contribution in [0.4, 0.5) is 0 Å². The summed E-state index contributed by atoms with van der Waals surface area (Å²) in [6, 6.07) is 0. The van der Waals surface area contributed by atoms with Crippen molar-refractivity contribution in [2.75, 3.05) is 0 Å². The monoisotopic (exact) mass is 122 g/mol. The summed E-state index contributed by atoms with van der Waals surface area (Å²) in [5, 5.41) is 0. The molecule has 50 valence electrons. The average molecular weight is 122 g/mol. The molecule has 3 atom stereocenters. The normalized spacial score (nSPS) is 48.6. The van der Waals surface area contributed by atoms with Gasteiger partial charge in [0.15, 0.2) is 0 Å². The van der Waals surface area contributed by atoms with Crippen molar-refractivity contribution < 1.29 is 0 Å². The Balaban J connectivity index is 2.26. The highest BCUT2D eigenvalue weighted by atomic mass is 14.4. The van der Waals surface area contributed by atoms with Gasteiger partial charge in [-0.2, -0.15) is 0 Å². The topological polar surface area (TPSA) is 0 Å². The molecule has 2 bridgehead atoms. The second-order valence-corrected chi connectivity index (χ2v) is 3.67. The van der Waals surface area contributed by atoms with E-state index >= 15 is 0 Å². The van der Waals surface area contributed by atoms with Gasteiger partial charge < -0.3 is 0 Å². The second-order valence-electron chi connectivity index (χ2n) is 3.67. The highest BCUT2D eigenvalue weighted by Gasteiger charge is 2.39. The number of hydrogen-bond acceptors (Lipinski definition) is 0. The summed E-state index contributed by atoms with van der Waals surface area (Å²) < 4.78 is 0. The SMILES string of the molecule is C=C1C2CCC1C(C)C2. The number of rotatable bonds is 0. The number of allylic oxidation sites excluding steroid dienone is 1. The van der Waals surface area contributed by atoms with Crippen molar-refractivity contribution in [3.05, 3.63) is 12.2 Å². The third-order valence-electron chi connectivity index (χ3n) is 3.17. The molecule has 0 radical (unpaired) electrons. The third kappa shape index (κ3) is 0.593. The van der Waals surface area contributed by atoms with Gasteiger partial charge in [-0.3, -0.25) is 0 Å². The van der Waals surface area contributed by atoms with Crippen LogP contribution in [0.15, 0.2) is 12.2 Å². The lowest BCUT2D eigenvalue weighted by atomic mass is 9.91. The maximum absolute atomic E-state index is 4.13. The molecule has 0 aromatic carbocycles. The van der Waals surface area contributed by atoms with Crippen LogP contribution in [-0.2, 0) is 0 Å². The molecule has 0 aromatic heterocycles. The molecule has 0 amide bonds. The minimum Gasteiger partial charge on any atom is -0.0993 e. The molecule has 9 heavy (non-hydrogen) atoms. The van der Waals surface area contributed by atoms with E-state index in [0.717, 1.165) is 17.8 Å². The van der Waals surface area contributed by atoms with Gasteiger partial charge in [-0.25, -0.2) is 0 Å². The van der Waals surface area contributed by atoms with Crippen LogP contribution in [0.5, 0.6) is 0 Å². The fourth-order valence-corrected chi connectivity index (χ4v) is 2.59. The van der Waals surface area contributed by atoms with E-state index in [4.69, 9.17) is 0 Å². The number of fused-ring (bicyclic) bond motifs is 2. The van der Waals surface area contributed by atoms with Gasteiger partial charge in [-0.15, -0.1) is 0 Å².